The molecule has 0 aromatic carbocycles. The Morgan fingerprint density at radius 3 is 2.83 bits per heavy atom. The van der Waals surface area contributed by atoms with E-state index in [4.69, 9.17) is 4.74 Å². The summed E-state index contributed by atoms with van der Waals surface area (Å²) in [5, 5.41) is 3.32. The molecule has 2 aliphatic heterocycles. The minimum atomic E-state index is -0.683. The van der Waals surface area contributed by atoms with Gasteiger partial charge in [0.25, 0.3) is 5.91 Å². The van der Waals surface area contributed by atoms with Crippen molar-refractivity contribution >= 4 is 11.9 Å². The molecule has 0 aliphatic carbocycles. The number of aromatic nitrogens is 2. The molecule has 23 heavy (non-hydrogen) atoms. The number of carbonyl (C=O) groups excluding carboxylic acids is 1. The van der Waals surface area contributed by atoms with Gasteiger partial charge in [0.2, 0.25) is 5.95 Å². The first kappa shape index (κ1) is 16.1. The van der Waals surface area contributed by atoms with Gasteiger partial charge in [-0.3, -0.25) is 4.79 Å². The second-order valence-electron chi connectivity index (χ2n) is 6.65. The smallest absolute Gasteiger partial charge is 0.256 e. The Morgan fingerprint density at radius 2 is 2.13 bits per heavy atom. The topological polar surface area (TPSA) is 70.6 Å². The number of hydrogen-bond acceptors (Lipinski definition) is 6. The zero-order valence-electron chi connectivity index (χ0n) is 14.1. The molecule has 1 aromatic rings. The first-order chi connectivity index (χ1) is 11.0. The lowest BCUT2D eigenvalue weighted by Gasteiger charge is -2.39. The van der Waals surface area contributed by atoms with Crippen LogP contribution in [0.25, 0.3) is 0 Å². The Hall–Kier alpha value is -1.73. The minimum absolute atomic E-state index is 0.0592. The maximum absolute atomic E-state index is 13.0. The summed E-state index contributed by atoms with van der Waals surface area (Å²) in [7, 11) is 5.62. The van der Waals surface area contributed by atoms with Crippen molar-refractivity contribution in [3.63, 3.8) is 0 Å². The zero-order valence-corrected chi connectivity index (χ0v) is 14.1. The molecule has 126 valence electrons. The summed E-state index contributed by atoms with van der Waals surface area (Å²) in [6.45, 7) is 2.62. The predicted molar refractivity (Wildman–Crippen MR) is 87.1 cm³/mol. The highest BCUT2D eigenvalue weighted by molar-refractivity contribution is 5.86. The standard InChI is InChI=1S/C16H25N5O2/c1-20(2)15-18-7-12(8-19-15)10-21(3)14(22)16-11-17-9-13(16)5-4-6-23-16/h7-8,13,17H,4-6,9-11H2,1-3H3/t13-,16+/m1/s1. The molecule has 2 atom stereocenters. The van der Waals surface area contributed by atoms with Crippen molar-refractivity contribution in [1.29, 1.82) is 0 Å². The van der Waals surface area contributed by atoms with Gasteiger partial charge in [0.1, 0.15) is 0 Å². The lowest BCUT2D eigenvalue weighted by Crippen LogP contribution is -2.56. The SMILES string of the molecule is CN(Cc1cnc(N(C)C)nc1)C(=O)[C@]12CNC[C@H]1CCCO2. The third-order valence-corrected chi connectivity index (χ3v) is 4.71. The fourth-order valence-electron chi connectivity index (χ4n) is 3.47. The molecule has 7 nitrogen and oxygen atoms in total. The van der Waals surface area contributed by atoms with E-state index < -0.39 is 5.60 Å². The molecule has 2 fully saturated rings. The highest BCUT2D eigenvalue weighted by Gasteiger charge is 2.52. The highest BCUT2D eigenvalue weighted by Crippen LogP contribution is 2.35. The lowest BCUT2D eigenvalue weighted by molar-refractivity contribution is -0.167. The van der Waals surface area contributed by atoms with Gasteiger partial charge in [0.15, 0.2) is 5.60 Å². The quantitative estimate of drug-likeness (QED) is 0.859. The van der Waals surface area contributed by atoms with Crippen molar-refractivity contribution < 1.29 is 9.53 Å². The molecule has 0 unspecified atom stereocenters. The van der Waals surface area contributed by atoms with E-state index in [1.807, 2.05) is 26.0 Å². The number of anilines is 1. The minimum Gasteiger partial charge on any atom is -0.363 e. The van der Waals surface area contributed by atoms with Crippen molar-refractivity contribution in [2.75, 3.05) is 45.7 Å². The average Bonchev–Trinajstić information content (AvgIpc) is 2.99. The van der Waals surface area contributed by atoms with Gasteiger partial charge in [-0.25, -0.2) is 9.97 Å². The number of fused-ring (bicyclic) bond motifs is 1. The molecule has 3 heterocycles. The van der Waals surface area contributed by atoms with Gasteiger partial charge in [-0.1, -0.05) is 0 Å². The van der Waals surface area contributed by atoms with E-state index in [1.54, 1.807) is 17.3 Å². The van der Waals surface area contributed by atoms with E-state index in [9.17, 15) is 4.79 Å². The van der Waals surface area contributed by atoms with Crippen molar-refractivity contribution in [1.82, 2.24) is 20.2 Å². The van der Waals surface area contributed by atoms with E-state index >= 15 is 0 Å². The molecule has 0 radical (unpaired) electrons. The number of carbonyl (C=O) groups is 1. The van der Waals surface area contributed by atoms with Gasteiger partial charge in [-0.15, -0.1) is 0 Å². The van der Waals surface area contributed by atoms with E-state index in [1.165, 1.54) is 0 Å². The summed E-state index contributed by atoms with van der Waals surface area (Å²) < 4.78 is 5.97. The number of ether oxygens (including phenoxy) is 1. The molecule has 1 N–H and O–H groups in total. The Labute approximate surface area is 137 Å². The molecule has 1 amide bonds. The van der Waals surface area contributed by atoms with Gasteiger partial charge in [-0.05, 0) is 12.8 Å². The van der Waals surface area contributed by atoms with Crippen LogP contribution in [0, 0.1) is 5.92 Å². The van der Waals surface area contributed by atoms with Crippen LogP contribution in [0.3, 0.4) is 0 Å². The first-order valence-corrected chi connectivity index (χ1v) is 8.11. The first-order valence-electron chi connectivity index (χ1n) is 8.11. The van der Waals surface area contributed by atoms with Crippen LogP contribution in [0.2, 0.25) is 0 Å². The Balaban J connectivity index is 1.69. The van der Waals surface area contributed by atoms with Gasteiger partial charge in [0.05, 0.1) is 0 Å². The average molecular weight is 319 g/mol. The van der Waals surface area contributed by atoms with Crippen LogP contribution < -0.4 is 10.2 Å². The molecule has 7 heteroatoms. The van der Waals surface area contributed by atoms with Crippen molar-refractivity contribution in [2.45, 2.75) is 25.0 Å². The van der Waals surface area contributed by atoms with Crippen LogP contribution >= 0.6 is 0 Å². The maximum Gasteiger partial charge on any atom is 0.256 e. The summed E-state index contributed by atoms with van der Waals surface area (Å²) in [5.74, 6) is 0.999. The van der Waals surface area contributed by atoms with Crippen LogP contribution in [0.4, 0.5) is 5.95 Å². The molecule has 0 bridgehead atoms. The number of nitrogens with one attached hydrogen (secondary N) is 1. The fraction of sp³-hybridized carbons (Fsp3) is 0.688. The van der Waals surface area contributed by atoms with E-state index in [2.05, 4.69) is 15.3 Å². The number of amides is 1. The Bertz CT molecular complexity index is 562. The van der Waals surface area contributed by atoms with E-state index in [0.717, 1.165) is 24.9 Å². The molecule has 2 saturated heterocycles. The zero-order chi connectivity index (χ0) is 16.4. The van der Waals surface area contributed by atoms with Crippen LogP contribution in [0.5, 0.6) is 0 Å². The van der Waals surface area contributed by atoms with E-state index in [-0.39, 0.29) is 11.8 Å². The third kappa shape index (κ3) is 3.03. The van der Waals surface area contributed by atoms with Crippen LogP contribution in [0.15, 0.2) is 12.4 Å². The van der Waals surface area contributed by atoms with E-state index in [0.29, 0.717) is 25.6 Å². The van der Waals surface area contributed by atoms with Gasteiger partial charge in [-0.2, -0.15) is 0 Å². The van der Waals surface area contributed by atoms with Gasteiger partial charge in [0, 0.05) is 71.3 Å². The molecule has 1 aromatic heterocycles. The number of likely N-dealkylation sites (N-methyl/N-ethyl adjacent to an activating group) is 1. The number of nitrogens with zero attached hydrogens (tertiary/aromatic N) is 4. The monoisotopic (exact) mass is 319 g/mol. The summed E-state index contributed by atoms with van der Waals surface area (Å²) in [6.07, 6.45) is 5.63. The number of hydrogen-bond donors (Lipinski definition) is 1. The molecular weight excluding hydrogens is 294 g/mol. The molecule has 3 rings (SSSR count). The largest absolute Gasteiger partial charge is 0.363 e. The maximum atomic E-state index is 13.0. The third-order valence-electron chi connectivity index (χ3n) is 4.71. The summed E-state index contributed by atoms with van der Waals surface area (Å²) in [4.78, 5) is 25.2. The van der Waals surface area contributed by atoms with Gasteiger partial charge < -0.3 is 19.9 Å². The normalized spacial score (nSPS) is 26.7. The second kappa shape index (κ2) is 6.41. The van der Waals surface area contributed by atoms with Crippen LogP contribution in [-0.4, -0.2) is 67.2 Å². The molecular formula is C16H25N5O2. The van der Waals surface area contributed by atoms with Crippen molar-refractivity contribution in [3.05, 3.63) is 18.0 Å². The van der Waals surface area contributed by atoms with Crippen molar-refractivity contribution in [2.24, 2.45) is 5.92 Å². The Kier molecular flexibility index (Phi) is 4.50. The second-order valence-corrected chi connectivity index (χ2v) is 6.65. The van der Waals surface area contributed by atoms with Crippen LogP contribution in [0.1, 0.15) is 18.4 Å². The summed E-state index contributed by atoms with van der Waals surface area (Å²) >= 11 is 0. The number of rotatable bonds is 4. The fourth-order valence-corrected chi connectivity index (χ4v) is 3.47. The predicted octanol–water partition coefficient (Wildman–Crippen LogP) is 0.270. The molecule has 0 spiro atoms. The van der Waals surface area contributed by atoms with Crippen LogP contribution in [-0.2, 0) is 16.1 Å². The Morgan fingerprint density at radius 1 is 1.39 bits per heavy atom. The molecule has 2 aliphatic rings. The summed E-state index contributed by atoms with van der Waals surface area (Å²) in [6, 6.07) is 0. The highest BCUT2D eigenvalue weighted by atomic mass is 16.5. The summed E-state index contributed by atoms with van der Waals surface area (Å²) in [5.41, 5.74) is 0.235. The molecule has 0 saturated carbocycles. The van der Waals surface area contributed by atoms with Crippen molar-refractivity contribution in [3.8, 4) is 0 Å². The lowest BCUT2D eigenvalue weighted by atomic mass is 9.83. The van der Waals surface area contributed by atoms with Gasteiger partial charge >= 0.3 is 0 Å².